The minimum atomic E-state index is -0.405. The van der Waals surface area contributed by atoms with E-state index in [2.05, 4.69) is 34.5 Å². The second-order valence-corrected chi connectivity index (χ2v) is 4.29. The predicted octanol–water partition coefficient (Wildman–Crippen LogP) is 1.10. The van der Waals surface area contributed by atoms with Gasteiger partial charge >= 0.3 is 6.09 Å². The summed E-state index contributed by atoms with van der Waals surface area (Å²) in [6.45, 7) is 4.94. The molecule has 0 radical (unpaired) electrons. The molecule has 1 N–H and O–H groups in total. The lowest BCUT2D eigenvalue weighted by molar-refractivity contribution is 0.149. The van der Waals surface area contributed by atoms with Crippen LogP contribution in [0.3, 0.4) is 0 Å². The van der Waals surface area contributed by atoms with Crippen molar-refractivity contribution in [3.05, 3.63) is 12.7 Å². The van der Waals surface area contributed by atoms with Gasteiger partial charge in [-0.05, 0) is 0 Å². The normalized spacial score (nSPS) is 26.8. The highest BCUT2D eigenvalue weighted by Gasteiger charge is 2.27. The van der Waals surface area contributed by atoms with E-state index in [9.17, 15) is 4.79 Å². The van der Waals surface area contributed by atoms with Crippen LogP contribution in [0.25, 0.3) is 0 Å². The lowest BCUT2D eigenvalue weighted by atomic mass is 10.3. The van der Waals surface area contributed by atoms with E-state index < -0.39 is 6.09 Å². The average Bonchev–Trinajstić information content (AvgIpc) is 2.48. The van der Waals surface area contributed by atoms with Crippen molar-refractivity contribution in [2.45, 2.75) is 9.97 Å². The summed E-state index contributed by atoms with van der Waals surface area (Å²) >= 11 is 2.25. The molecule has 0 unspecified atom stereocenters. The maximum absolute atomic E-state index is 11.1. The van der Waals surface area contributed by atoms with Crippen LogP contribution in [0.1, 0.15) is 0 Å². The van der Waals surface area contributed by atoms with E-state index in [4.69, 9.17) is 9.47 Å². The van der Waals surface area contributed by atoms with E-state index >= 15 is 0 Å². The Kier molecular flexibility index (Phi) is 4.51. The molecule has 1 aliphatic rings. The molecule has 0 aliphatic carbocycles. The SMILES string of the molecule is C=CCOC(=O)N[C@@H]1COC[C@H]1I. The zero-order chi connectivity index (χ0) is 9.68. The van der Waals surface area contributed by atoms with Gasteiger partial charge in [0.15, 0.2) is 0 Å². The number of carbonyl (C=O) groups is 1. The molecule has 4 nitrogen and oxygen atoms in total. The number of carbonyl (C=O) groups excluding carboxylic acids is 1. The second-order valence-electron chi connectivity index (χ2n) is 2.69. The molecule has 2 atom stereocenters. The molecule has 13 heavy (non-hydrogen) atoms. The highest BCUT2D eigenvalue weighted by atomic mass is 127. The van der Waals surface area contributed by atoms with Crippen molar-refractivity contribution in [1.29, 1.82) is 0 Å². The molecule has 0 bridgehead atoms. The van der Waals surface area contributed by atoms with E-state index in [1.807, 2.05) is 0 Å². The van der Waals surface area contributed by atoms with Crippen molar-refractivity contribution in [3.8, 4) is 0 Å². The van der Waals surface area contributed by atoms with Crippen molar-refractivity contribution in [3.63, 3.8) is 0 Å². The Balaban J connectivity index is 2.22. The van der Waals surface area contributed by atoms with Gasteiger partial charge in [-0.1, -0.05) is 35.2 Å². The highest BCUT2D eigenvalue weighted by molar-refractivity contribution is 14.1. The molecule has 1 heterocycles. The molecule has 0 aromatic carbocycles. The fourth-order valence-corrected chi connectivity index (χ4v) is 1.63. The van der Waals surface area contributed by atoms with Crippen LogP contribution >= 0.6 is 22.6 Å². The van der Waals surface area contributed by atoms with Gasteiger partial charge in [-0.25, -0.2) is 4.79 Å². The topological polar surface area (TPSA) is 47.6 Å². The van der Waals surface area contributed by atoms with Gasteiger partial charge in [0.05, 0.1) is 23.2 Å². The van der Waals surface area contributed by atoms with Crippen LogP contribution in [0.4, 0.5) is 4.79 Å². The van der Waals surface area contributed by atoms with Gasteiger partial charge in [-0.15, -0.1) is 0 Å². The monoisotopic (exact) mass is 297 g/mol. The standard InChI is InChI=1S/C8H12INO3/c1-2-3-13-8(11)10-7-5-12-4-6(7)9/h2,6-7H,1,3-5H2,(H,10,11)/t6-,7-/m1/s1. The van der Waals surface area contributed by atoms with Gasteiger partial charge in [0.1, 0.15) is 6.61 Å². The fraction of sp³-hybridized carbons (Fsp3) is 0.625. The third-order valence-electron chi connectivity index (χ3n) is 1.65. The Morgan fingerprint density at radius 1 is 1.77 bits per heavy atom. The van der Waals surface area contributed by atoms with Crippen LogP contribution in [0.2, 0.25) is 0 Å². The number of hydrogen-bond donors (Lipinski definition) is 1. The second kappa shape index (κ2) is 5.43. The molecule has 0 aromatic rings. The Morgan fingerprint density at radius 2 is 2.54 bits per heavy atom. The van der Waals surface area contributed by atoms with Gasteiger partial charge in [0.2, 0.25) is 0 Å². The van der Waals surface area contributed by atoms with E-state index in [0.717, 1.165) is 0 Å². The average molecular weight is 297 g/mol. The maximum atomic E-state index is 11.1. The molecular weight excluding hydrogens is 285 g/mol. The molecule has 5 heteroatoms. The summed E-state index contributed by atoms with van der Waals surface area (Å²) in [5, 5.41) is 2.72. The largest absolute Gasteiger partial charge is 0.445 e. The summed E-state index contributed by atoms with van der Waals surface area (Å²) in [5.74, 6) is 0. The fourth-order valence-electron chi connectivity index (χ4n) is 0.988. The molecule has 1 saturated heterocycles. The smallest absolute Gasteiger partial charge is 0.407 e. The van der Waals surface area contributed by atoms with Crippen molar-refractivity contribution < 1.29 is 14.3 Å². The van der Waals surface area contributed by atoms with Crippen LogP contribution in [-0.4, -0.2) is 35.9 Å². The molecule has 74 valence electrons. The van der Waals surface area contributed by atoms with Gasteiger partial charge in [0, 0.05) is 0 Å². The number of alkyl carbamates (subject to hydrolysis) is 1. The van der Waals surface area contributed by atoms with E-state index in [1.165, 1.54) is 6.08 Å². The Labute approximate surface area is 90.8 Å². The highest BCUT2D eigenvalue weighted by Crippen LogP contribution is 2.14. The number of hydrogen-bond acceptors (Lipinski definition) is 3. The Hall–Kier alpha value is -0.300. The minimum Gasteiger partial charge on any atom is -0.445 e. The van der Waals surface area contributed by atoms with Gasteiger partial charge in [0.25, 0.3) is 0 Å². The molecule has 1 rings (SSSR count). The van der Waals surface area contributed by atoms with Crippen LogP contribution < -0.4 is 5.32 Å². The van der Waals surface area contributed by atoms with Crippen molar-refractivity contribution in [1.82, 2.24) is 5.32 Å². The van der Waals surface area contributed by atoms with Crippen LogP contribution in [-0.2, 0) is 9.47 Å². The molecule has 0 spiro atoms. The molecule has 1 fully saturated rings. The Bertz CT molecular complexity index is 198. The zero-order valence-electron chi connectivity index (χ0n) is 7.16. The maximum Gasteiger partial charge on any atom is 0.407 e. The van der Waals surface area contributed by atoms with Gasteiger partial charge in [-0.3, -0.25) is 0 Å². The number of alkyl halides is 1. The predicted molar refractivity (Wildman–Crippen MR) is 57.1 cm³/mol. The lowest BCUT2D eigenvalue weighted by Crippen LogP contribution is -2.40. The first-order valence-corrected chi connectivity index (χ1v) is 5.24. The summed E-state index contributed by atoms with van der Waals surface area (Å²) in [7, 11) is 0. The molecule has 1 amide bonds. The van der Waals surface area contributed by atoms with Gasteiger partial charge in [-0.2, -0.15) is 0 Å². The number of halogens is 1. The first-order chi connectivity index (χ1) is 6.24. The molecule has 0 aromatic heterocycles. The van der Waals surface area contributed by atoms with Crippen LogP contribution in [0.5, 0.6) is 0 Å². The first kappa shape index (κ1) is 10.8. The summed E-state index contributed by atoms with van der Waals surface area (Å²) in [4.78, 5) is 11.1. The quantitative estimate of drug-likeness (QED) is 0.482. The zero-order valence-corrected chi connectivity index (χ0v) is 9.32. The van der Waals surface area contributed by atoms with Crippen molar-refractivity contribution in [2.24, 2.45) is 0 Å². The van der Waals surface area contributed by atoms with Gasteiger partial charge < -0.3 is 14.8 Å². The number of amides is 1. The summed E-state index contributed by atoms with van der Waals surface area (Å²) in [6, 6.07) is 0.0675. The third kappa shape index (κ3) is 3.51. The van der Waals surface area contributed by atoms with E-state index in [1.54, 1.807) is 0 Å². The van der Waals surface area contributed by atoms with E-state index in [0.29, 0.717) is 17.1 Å². The Morgan fingerprint density at radius 3 is 3.08 bits per heavy atom. The number of ether oxygens (including phenoxy) is 2. The number of rotatable bonds is 3. The van der Waals surface area contributed by atoms with Crippen LogP contribution in [0, 0.1) is 0 Å². The van der Waals surface area contributed by atoms with Crippen molar-refractivity contribution in [2.75, 3.05) is 19.8 Å². The molecule has 1 aliphatic heterocycles. The molecule has 0 saturated carbocycles. The minimum absolute atomic E-state index is 0.0675. The third-order valence-corrected chi connectivity index (χ3v) is 2.87. The summed E-state index contributed by atoms with van der Waals surface area (Å²) in [6.07, 6.45) is 1.13. The number of nitrogens with one attached hydrogen (secondary N) is 1. The van der Waals surface area contributed by atoms with Crippen molar-refractivity contribution >= 4 is 28.7 Å². The van der Waals surface area contributed by atoms with E-state index in [-0.39, 0.29) is 12.6 Å². The van der Waals surface area contributed by atoms with Crippen LogP contribution in [0.15, 0.2) is 12.7 Å². The first-order valence-electron chi connectivity index (χ1n) is 4.00. The molecular formula is C8H12INO3. The lowest BCUT2D eigenvalue weighted by Gasteiger charge is -2.13. The summed E-state index contributed by atoms with van der Waals surface area (Å²) < 4.78 is 10.3. The summed E-state index contributed by atoms with van der Waals surface area (Å²) in [5.41, 5.74) is 0.